The predicted octanol–water partition coefficient (Wildman–Crippen LogP) is 5.54. The molecule has 7 heteroatoms. The first-order valence-electron chi connectivity index (χ1n) is 10.4. The Morgan fingerprint density at radius 3 is 2.48 bits per heavy atom. The van der Waals surface area contributed by atoms with Gasteiger partial charge >= 0.3 is 0 Å². The number of amides is 1. The number of halogens is 1. The van der Waals surface area contributed by atoms with Crippen LogP contribution in [0.2, 0.25) is 5.02 Å². The summed E-state index contributed by atoms with van der Waals surface area (Å²) >= 11 is 5.89. The fraction of sp³-hybridized carbons (Fsp3) is 0.231. The van der Waals surface area contributed by atoms with Crippen LogP contribution in [0.25, 0.3) is 0 Å². The second-order valence-corrected chi connectivity index (χ2v) is 8.33. The molecule has 3 rings (SSSR count). The highest BCUT2D eigenvalue weighted by molar-refractivity contribution is 6.30. The number of nitrogens with one attached hydrogen (secondary N) is 1. The van der Waals surface area contributed by atoms with E-state index in [9.17, 15) is 4.79 Å². The Hall–Kier alpha value is -3.51. The van der Waals surface area contributed by atoms with Gasteiger partial charge in [-0.3, -0.25) is 4.79 Å². The van der Waals surface area contributed by atoms with E-state index in [2.05, 4.69) is 10.5 Å². The molecule has 0 saturated carbocycles. The Kier molecular flexibility index (Phi) is 7.96. The van der Waals surface area contributed by atoms with Crippen LogP contribution >= 0.6 is 11.6 Å². The summed E-state index contributed by atoms with van der Waals surface area (Å²) in [4.78, 5) is 12.6. The first-order valence-corrected chi connectivity index (χ1v) is 10.8. The lowest BCUT2D eigenvalue weighted by Gasteiger charge is -2.24. The number of hydrazone groups is 1. The summed E-state index contributed by atoms with van der Waals surface area (Å²) < 4.78 is 17.2. The zero-order valence-electron chi connectivity index (χ0n) is 19.1. The van der Waals surface area contributed by atoms with E-state index in [1.807, 2.05) is 49.4 Å². The smallest absolute Gasteiger partial charge is 0.283 e. The van der Waals surface area contributed by atoms with E-state index >= 15 is 0 Å². The highest BCUT2D eigenvalue weighted by Gasteiger charge is 2.29. The number of hydrogen-bond donors (Lipinski definition) is 1. The maximum absolute atomic E-state index is 12.6. The first kappa shape index (κ1) is 24.1. The SMILES string of the molecule is COc1ccc(C=NNC(=O)C(C)(C)Oc2ccc(Cl)cc2)cc1COc1ccccc1C. The molecule has 1 amide bonds. The van der Waals surface area contributed by atoms with Gasteiger partial charge in [-0.05, 0) is 80.4 Å². The Labute approximate surface area is 199 Å². The first-order chi connectivity index (χ1) is 15.8. The second kappa shape index (κ2) is 10.9. The lowest BCUT2D eigenvalue weighted by molar-refractivity contribution is -0.134. The molecule has 0 aliphatic rings. The van der Waals surface area contributed by atoms with Crippen molar-refractivity contribution in [1.82, 2.24) is 5.43 Å². The summed E-state index contributed by atoms with van der Waals surface area (Å²) in [6, 6.07) is 20.2. The Balaban J connectivity index is 1.64. The summed E-state index contributed by atoms with van der Waals surface area (Å²) in [5.74, 6) is 1.68. The van der Waals surface area contributed by atoms with E-state index in [0.717, 1.165) is 22.4 Å². The number of nitrogens with zero attached hydrogens (tertiary/aromatic N) is 1. The number of ether oxygens (including phenoxy) is 3. The van der Waals surface area contributed by atoms with Gasteiger partial charge in [-0.15, -0.1) is 0 Å². The van der Waals surface area contributed by atoms with Gasteiger partial charge in [-0.25, -0.2) is 5.43 Å². The minimum Gasteiger partial charge on any atom is -0.496 e. The van der Waals surface area contributed by atoms with Gasteiger partial charge in [0.15, 0.2) is 5.60 Å². The fourth-order valence-electron chi connectivity index (χ4n) is 3.01. The van der Waals surface area contributed by atoms with E-state index in [-0.39, 0.29) is 5.91 Å². The molecule has 1 N–H and O–H groups in total. The van der Waals surface area contributed by atoms with Gasteiger partial charge in [-0.2, -0.15) is 5.10 Å². The van der Waals surface area contributed by atoms with Crippen LogP contribution in [-0.4, -0.2) is 24.8 Å². The molecule has 0 radical (unpaired) electrons. The topological polar surface area (TPSA) is 69.2 Å². The Bertz CT molecular complexity index is 1130. The number of para-hydroxylation sites is 1. The van der Waals surface area contributed by atoms with Gasteiger partial charge in [0, 0.05) is 10.6 Å². The number of hydrogen-bond acceptors (Lipinski definition) is 5. The van der Waals surface area contributed by atoms with Crippen LogP contribution in [0, 0.1) is 6.92 Å². The number of methoxy groups -OCH3 is 1. The summed E-state index contributed by atoms with van der Waals surface area (Å²) in [6.45, 7) is 5.67. The van der Waals surface area contributed by atoms with Crippen molar-refractivity contribution >= 4 is 23.7 Å². The lowest BCUT2D eigenvalue weighted by atomic mass is 10.1. The van der Waals surface area contributed by atoms with Gasteiger partial charge in [0.05, 0.1) is 13.3 Å². The molecule has 3 aromatic rings. The van der Waals surface area contributed by atoms with E-state index in [4.69, 9.17) is 25.8 Å². The minimum absolute atomic E-state index is 0.337. The second-order valence-electron chi connectivity index (χ2n) is 7.89. The van der Waals surface area contributed by atoms with E-state index < -0.39 is 5.60 Å². The molecule has 33 heavy (non-hydrogen) atoms. The Morgan fingerprint density at radius 1 is 1.06 bits per heavy atom. The standard InChI is InChI=1S/C26H27ClN2O4/c1-18-7-5-6-8-23(18)32-17-20-15-19(9-14-24(20)31-4)16-28-29-25(30)26(2,3)33-22-12-10-21(27)11-13-22/h5-16H,17H2,1-4H3,(H,29,30). The van der Waals surface area contributed by atoms with Crippen molar-refractivity contribution in [2.24, 2.45) is 5.10 Å². The van der Waals surface area contributed by atoms with Crippen molar-refractivity contribution < 1.29 is 19.0 Å². The van der Waals surface area contributed by atoms with Gasteiger partial charge in [0.25, 0.3) is 5.91 Å². The van der Waals surface area contributed by atoms with Gasteiger partial charge < -0.3 is 14.2 Å². The largest absolute Gasteiger partial charge is 0.496 e. The predicted molar refractivity (Wildman–Crippen MR) is 130 cm³/mol. The molecule has 0 spiro atoms. The van der Waals surface area contributed by atoms with Crippen LogP contribution in [0.15, 0.2) is 71.8 Å². The molecule has 0 saturated heterocycles. The molecule has 0 aliphatic heterocycles. The average molecular weight is 467 g/mol. The molecule has 0 bridgehead atoms. The van der Waals surface area contributed by atoms with E-state index in [1.165, 1.54) is 0 Å². The molecular formula is C26H27ClN2O4. The van der Waals surface area contributed by atoms with Crippen molar-refractivity contribution in [3.63, 3.8) is 0 Å². The molecule has 0 aromatic heterocycles. The third-order valence-corrected chi connectivity index (χ3v) is 5.15. The van der Waals surface area contributed by atoms with Crippen molar-refractivity contribution in [2.75, 3.05) is 7.11 Å². The van der Waals surface area contributed by atoms with Crippen molar-refractivity contribution in [3.05, 3.63) is 88.4 Å². The maximum atomic E-state index is 12.6. The van der Waals surface area contributed by atoms with E-state index in [0.29, 0.717) is 23.1 Å². The molecule has 0 heterocycles. The van der Waals surface area contributed by atoms with Gasteiger partial charge in [-0.1, -0.05) is 29.8 Å². The summed E-state index contributed by atoms with van der Waals surface area (Å²) in [5.41, 5.74) is 4.11. The molecular weight excluding hydrogens is 440 g/mol. The number of benzene rings is 3. The van der Waals surface area contributed by atoms with Crippen LogP contribution in [0.5, 0.6) is 17.2 Å². The maximum Gasteiger partial charge on any atom is 0.283 e. The van der Waals surface area contributed by atoms with Gasteiger partial charge in [0.2, 0.25) is 0 Å². The third kappa shape index (κ3) is 6.73. The quantitative estimate of drug-likeness (QED) is 0.332. The number of carbonyl (C=O) groups excluding carboxylic acids is 1. The normalized spacial score (nSPS) is 11.3. The molecule has 6 nitrogen and oxygen atoms in total. The summed E-state index contributed by atoms with van der Waals surface area (Å²) in [7, 11) is 1.61. The molecule has 172 valence electrons. The third-order valence-electron chi connectivity index (χ3n) is 4.89. The molecule has 0 aliphatic carbocycles. The summed E-state index contributed by atoms with van der Waals surface area (Å²) in [5, 5.41) is 4.68. The van der Waals surface area contributed by atoms with Crippen LogP contribution in [0.3, 0.4) is 0 Å². The lowest BCUT2D eigenvalue weighted by Crippen LogP contribution is -2.44. The molecule has 0 unspecified atom stereocenters. The van der Waals surface area contributed by atoms with Crippen LogP contribution in [0.4, 0.5) is 0 Å². The van der Waals surface area contributed by atoms with Crippen LogP contribution in [-0.2, 0) is 11.4 Å². The number of carbonyl (C=O) groups is 1. The highest BCUT2D eigenvalue weighted by atomic mass is 35.5. The van der Waals surface area contributed by atoms with Crippen molar-refractivity contribution in [1.29, 1.82) is 0 Å². The minimum atomic E-state index is -1.13. The average Bonchev–Trinajstić information content (AvgIpc) is 2.80. The summed E-state index contributed by atoms with van der Waals surface area (Å²) in [6.07, 6.45) is 1.56. The van der Waals surface area contributed by atoms with E-state index in [1.54, 1.807) is 51.4 Å². The zero-order valence-corrected chi connectivity index (χ0v) is 19.8. The van der Waals surface area contributed by atoms with Crippen LogP contribution < -0.4 is 19.6 Å². The molecule has 0 fully saturated rings. The highest BCUT2D eigenvalue weighted by Crippen LogP contribution is 2.24. The van der Waals surface area contributed by atoms with Crippen molar-refractivity contribution in [2.45, 2.75) is 33.0 Å². The monoisotopic (exact) mass is 466 g/mol. The number of rotatable bonds is 9. The fourth-order valence-corrected chi connectivity index (χ4v) is 3.14. The molecule has 3 aromatic carbocycles. The van der Waals surface area contributed by atoms with Crippen LogP contribution in [0.1, 0.15) is 30.5 Å². The van der Waals surface area contributed by atoms with Gasteiger partial charge in [0.1, 0.15) is 23.9 Å². The van der Waals surface area contributed by atoms with Crippen molar-refractivity contribution in [3.8, 4) is 17.2 Å². The Morgan fingerprint density at radius 2 is 1.79 bits per heavy atom. The zero-order chi connectivity index (χ0) is 23.8. The number of aryl methyl sites for hydroxylation is 1. The molecule has 0 atom stereocenters.